The van der Waals surface area contributed by atoms with Crippen molar-refractivity contribution in [3.8, 4) is 5.75 Å². The molecular formula is C22H28N2O3. The molecule has 0 aromatic heterocycles. The molecule has 1 unspecified atom stereocenters. The van der Waals surface area contributed by atoms with Gasteiger partial charge in [0.2, 0.25) is 5.91 Å². The Hall–Kier alpha value is -2.37. The first kappa shape index (κ1) is 19.4. The molecule has 1 heterocycles. The van der Waals surface area contributed by atoms with E-state index < -0.39 is 5.54 Å². The van der Waals surface area contributed by atoms with Crippen molar-refractivity contribution in [3.63, 3.8) is 0 Å². The molecule has 3 rings (SSSR count). The lowest BCUT2D eigenvalue weighted by Gasteiger charge is -2.25. The van der Waals surface area contributed by atoms with Crippen molar-refractivity contribution in [3.05, 3.63) is 59.7 Å². The maximum Gasteiger partial charge on any atom is 0.248 e. The highest BCUT2D eigenvalue weighted by Crippen LogP contribution is 2.26. The van der Waals surface area contributed by atoms with E-state index >= 15 is 0 Å². The summed E-state index contributed by atoms with van der Waals surface area (Å²) < 4.78 is 11.4. The van der Waals surface area contributed by atoms with Crippen LogP contribution in [0.5, 0.6) is 5.75 Å². The van der Waals surface area contributed by atoms with Gasteiger partial charge in [0.05, 0.1) is 6.61 Å². The average molecular weight is 368 g/mol. The van der Waals surface area contributed by atoms with Crippen molar-refractivity contribution in [1.82, 2.24) is 0 Å². The maximum atomic E-state index is 12.7. The summed E-state index contributed by atoms with van der Waals surface area (Å²) in [5.41, 5.74) is 7.67. The third-order valence-electron chi connectivity index (χ3n) is 5.11. The molecule has 5 nitrogen and oxygen atoms in total. The summed E-state index contributed by atoms with van der Waals surface area (Å²) in [5, 5.41) is 2.92. The summed E-state index contributed by atoms with van der Waals surface area (Å²) in [6, 6.07) is 15.1. The van der Waals surface area contributed by atoms with Crippen molar-refractivity contribution in [2.75, 3.05) is 25.1 Å². The lowest BCUT2D eigenvalue weighted by molar-refractivity contribution is -0.120. The van der Waals surface area contributed by atoms with E-state index in [9.17, 15) is 4.79 Å². The highest BCUT2D eigenvalue weighted by Gasteiger charge is 2.30. The van der Waals surface area contributed by atoms with Gasteiger partial charge >= 0.3 is 0 Å². The van der Waals surface area contributed by atoms with E-state index in [1.165, 1.54) is 0 Å². The van der Waals surface area contributed by atoms with Crippen LogP contribution in [0.15, 0.2) is 48.5 Å². The van der Waals surface area contributed by atoms with Gasteiger partial charge in [0.1, 0.15) is 11.3 Å². The molecule has 1 saturated heterocycles. The zero-order chi connectivity index (χ0) is 19.3. The molecule has 0 spiro atoms. The normalized spacial score (nSPS) is 17.1. The van der Waals surface area contributed by atoms with Crippen molar-refractivity contribution >= 4 is 11.6 Å². The zero-order valence-electron chi connectivity index (χ0n) is 16.0. The van der Waals surface area contributed by atoms with Crippen molar-refractivity contribution in [1.29, 1.82) is 0 Å². The van der Waals surface area contributed by atoms with Crippen LogP contribution in [0.3, 0.4) is 0 Å². The van der Waals surface area contributed by atoms with Gasteiger partial charge in [0, 0.05) is 25.0 Å². The van der Waals surface area contributed by atoms with Crippen LogP contribution in [0.4, 0.5) is 5.69 Å². The number of aryl methyl sites for hydroxylation is 1. The fourth-order valence-corrected chi connectivity index (χ4v) is 3.13. The third-order valence-corrected chi connectivity index (χ3v) is 5.11. The maximum absolute atomic E-state index is 12.7. The molecule has 2 aromatic rings. The Bertz CT molecular complexity index is 768. The number of rotatable bonds is 6. The minimum absolute atomic E-state index is 0.257. The average Bonchev–Trinajstić information content (AvgIpc) is 2.69. The lowest BCUT2D eigenvalue weighted by atomic mass is 9.92. The number of benzene rings is 2. The first-order valence-corrected chi connectivity index (χ1v) is 9.44. The van der Waals surface area contributed by atoms with Crippen LogP contribution in [-0.4, -0.2) is 25.7 Å². The van der Waals surface area contributed by atoms with Crippen molar-refractivity contribution < 1.29 is 14.3 Å². The van der Waals surface area contributed by atoms with E-state index in [2.05, 4.69) is 5.32 Å². The molecule has 1 fully saturated rings. The number of anilines is 1. The molecular weight excluding hydrogens is 340 g/mol. The smallest absolute Gasteiger partial charge is 0.248 e. The second-order valence-corrected chi connectivity index (χ2v) is 7.37. The Balaban J connectivity index is 1.67. The van der Waals surface area contributed by atoms with Crippen LogP contribution in [0, 0.1) is 12.8 Å². The minimum Gasteiger partial charge on any atom is -0.493 e. The van der Waals surface area contributed by atoms with E-state index in [0.717, 1.165) is 42.9 Å². The van der Waals surface area contributed by atoms with Gasteiger partial charge in [-0.1, -0.05) is 36.4 Å². The summed E-state index contributed by atoms with van der Waals surface area (Å²) >= 11 is 0. The fraction of sp³-hybridized carbons (Fsp3) is 0.409. The van der Waals surface area contributed by atoms with Crippen LogP contribution >= 0.6 is 0 Å². The highest BCUT2D eigenvalue weighted by molar-refractivity contribution is 5.98. The molecule has 3 N–H and O–H groups in total. The molecule has 27 heavy (non-hydrogen) atoms. The topological polar surface area (TPSA) is 73.6 Å². The summed E-state index contributed by atoms with van der Waals surface area (Å²) in [6.45, 7) is 5.99. The Morgan fingerprint density at radius 2 is 1.93 bits per heavy atom. The molecule has 0 bridgehead atoms. The second-order valence-electron chi connectivity index (χ2n) is 7.37. The molecule has 0 radical (unpaired) electrons. The highest BCUT2D eigenvalue weighted by atomic mass is 16.5. The Labute approximate surface area is 160 Å². The summed E-state index contributed by atoms with van der Waals surface area (Å²) in [4.78, 5) is 12.7. The molecule has 1 aliphatic rings. The largest absolute Gasteiger partial charge is 0.493 e. The SMILES string of the molecule is Cc1ccc(NC(=O)C(C)(N)c2ccccc2)cc1OCC1CCOCC1. The van der Waals surface area contributed by atoms with Crippen molar-refractivity contribution in [2.45, 2.75) is 32.2 Å². The van der Waals surface area contributed by atoms with Crippen molar-refractivity contribution in [2.24, 2.45) is 11.7 Å². The zero-order valence-corrected chi connectivity index (χ0v) is 16.0. The van der Waals surface area contributed by atoms with Gasteiger partial charge in [0.25, 0.3) is 0 Å². The predicted molar refractivity (Wildman–Crippen MR) is 107 cm³/mol. The van der Waals surface area contributed by atoms with Gasteiger partial charge in [-0.15, -0.1) is 0 Å². The lowest BCUT2D eigenvalue weighted by Crippen LogP contribution is -2.45. The van der Waals surface area contributed by atoms with E-state index in [0.29, 0.717) is 18.2 Å². The van der Waals surface area contributed by atoms with Gasteiger partial charge < -0.3 is 20.5 Å². The van der Waals surface area contributed by atoms with E-state index in [1.54, 1.807) is 6.92 Å². The molecule has 1 amide bonds. The Morgan fingerprint density at radius 1 is 1.22 bits per heavy atom. The molecule has 2 aromatic carbocycles. The van der Waals surface area contributed by atoms with Crippen LogP contribution in [-0.2, 0) is 15.1 Å². The van der Waals surface area contributed by atoms with Gasteiger partial charge in [0.15, 0.2) is 0 Å². The van der Waals surface area contributed by atoms with E-state index in [-0.39, 0.29) is 5.91 Å². The molecule has 144 valence electrons. The number of amides is 1. The first-order valence-electron chi connectivity index (χ1n) is 9.44. The number of hydrogen-bond acceptors (Lipinski definition) is 4. The molecule has 0 saturated carbocycles. The number of carbonyl (C=O) groups is 1. The molecule has 5 heteroatoms. The number of nitrogens with one attached hydrogen (secondary N) is 1. The second kappa shape index (κ2) is 8.55. The monoisotopic (exact) mass is 368 g/mol. The fourth-order valence-electron chi connectivity index (χ4n) is 3.13. The quantitative estimate of drug-likeness (QED) is 0.817. The van der Waals surface area contributed by atoms with Gasteiger partial charge in [-0.2, -0.15) is 0 Å². The van der Waals surface area contributed by atoms with E-state index in [1.807, 2.05) is 55.5 Å². The van der Waals surface area contributed by atoms with Gasteiger partial charge in [-0.25, -0.2) is 0 Å². The van der Waals surface area contributed by atoms with Gasteiger partial charge in [-0.05, 0) is 49.8 Å². The Morgan fingerprint density at radius 3 is 2.63 bits per heavy atom. The Kier molecular flexibility index (Phi) is 6.14. The summed E-state index contributed by atoms with van der Waals surface area (Å²) in [7, 11) is 0. The number of nitrogens with two attached hydrogens (primary N) is 1. The molecule has 1 atom stereocenters. The number of carbonyl (C=O) groups excluding carboxylic acids is 1. The van der Waals surface area contributed by atoms with Crippen LogP contribution in [0.25, 0.3) is 0 Å². The van der Waals surface area contributed by atoms with Crippen LogP contribution in [0.1, 0.15) is 30.9 Å². The first-order chi connectivity index (χ1) is 13.0. The van der Waals surface area contributed by atoms with E-state index in [4.69, 9.17) is 15.2 Å². The minimum atomic E-state index is -1.12. The molecule has 0 aliphatic carbocycles. The standard InChI is InChI=1S/C22H28N2O3/c1-16-8-9-19(14-20(16)27-15-17-10-12-26-13-11-17)24-21(25)22(2,23)18-6-4-3-5-7-18/h3-9,14,17H,10-13,15,23H2,1-2H3,(H,24,25). The number of hydrogen-bond donors (Lipinski definition) is 2. The summed E-state index contributed by atoms with van der Waals surface area (Å²) in [6.07, 6.45) is 2.05. The van der Waals surface area contributed by atoms with Gasteiger partial charge in [-0.3, -0.25) is 4.79 Å². The van der Waals surface area contributed by atoms with Crippen LogP contribution < -0.4 is 15.8 Å². The van der Waals surface area contributed by atoms with Crippen LogP contribution in [0.2, 0.25) is 0 Å². The third kappa shape index (κ3) is 4.87. The predicted octanol–water partition coefficient (Wildman–Crippen LogP) is 3.61. The summed E-state index contributed by atoms with van der Waals surface area (Å²) in [5.74, 6) is 1.05. The molecule has 1 aliphatic heterocycles. The number of ether oxygens (including phenoxy) is 2.